The van der Waals surface area contributed by atoms with E-state index in [4.69, 9.17) is 4.74 Å². The molecular weight excluding hydrogens is 801 g/mol. The van der Waals surface area contributed by atoms with E-state index in [-0.39, 0.29) is 0 Å². The predicted octanol–water partition coefficient (Wildman–Crippen LogP) is 17.7. The minimum absolute atomic E-state index is 0.665. The van der Waals surface area contributed by atoms with Crippen LogP contribution in [0.3, 0.4) is 0 Å². The first-order chi connectivity index (χ1) is 32.1. The van der Waals surface area contributed by atoms with Gasteiger partial charge in [0.2, 0.25) is 0 Å². The molecule has 0 aromatic heterocycles. The number of hydrogen-bond donors (Lipinski definition) is 0. The summed E-state index contributed by atoms with van der Waals surface area (Å²) in [5.74, 6) is 0.909. The first-order valence-electron chi connectivity index (χ1n) is 23.5. The highest BCUT2D eigenvalue weighted by atomic mass is 16.5. The Morgan fingerprint density at radius 3 is 1.20 bits per heavy atom. The topological polar surface area (TPSA) is 15.7 Å². The molecule has 3 nitrogen and oxygen atoms in total. The molecule has 0 aliphatic carbocycles. The summed E-state index contributed by atoms with van der Waals surface area (Å²) in [6.45, 7) is 18.1. The molecule has 0 fully saturated rings. The largest absolute Gasteiger partial charge is 0.494 e. The molecule has 3 heteroatoms. The van der Waals surface area contributed by atoms with Crippen molar-refractivity contribution in [2.45, 2.75) is 68.2 Å². The molecule has 0 amide bonds. The number of aryl methyl sites for hydroxylation is 7. The Balaban J connectivity index is 1.08. The van der Waals surface area contributed by atoms with Crippen molar-refractivity contribution < 1.29 is 4.74 Å². The second-order valence-corrected chi connectivity index (χ2v) is 17.3. The second kappa shape index (κ2) is 20.6. The second-order valence-electron chi connectivity index (χ2n) is 17.3. The average Bonchev–Trinajstić information content (AvgIpc) is 3.33. The summed E-state index contributed by atoms with van der Waals surface area (Å²) in [7, 11) is 0. The molecule has 66 heavy (non-hydrogen) atoms. The maximum Gasteiger partial charge on any atom is 0.119 e. The van der Waals surface area contributed by atoms with Gasteiger partial charge in [0, 0.05) is 22.7 Å². The van der Waals surface area contributed by atoms with Gasteiger partial charge in [-0.15, -0.1) is 0 Å². The Labute approximate surface area is 394 Å². The van der Waals surface area contributed by atoms with Gasteiger partial charge in [-0.3, -0.25) is 0 Å². The van der Waals surface area contributed by atoms with Crippen molar-refractivity contribution in [1.29, 1.82) is 0 Å². The normalized spacial score (nSPS) is 11.4. The Bertz CT molecular complexity index is 2970. The first kappa shape index (κ1) is 45.2. The number of benzene rings is 8. The predicted molar refractivity (Wildman–Crippen MR) is 286 cm³/mol. The summed E-state index contributed by atoms with van der Waals surface area (Å²) in [4.78, 5) is 4.84. The summed E-state index contributed by atoms with van der Waals surface area (Å²) in [5, 5.41) is 0. The lowest BCUT2D eigenvalue weighted by Crippen LogP contribution is -2.13. The fourth-order valence-electron chi connectivity index (χ4n) is 9.02. The van der Waals surface area contributed by atoms with E-state index < -0.39 is 0 Å². The molecule has 0 unspecified atom stereocenters. The van der Waals surface area contributed by atoms with Gasteiger partial charge in [0.15, 0.2) is 0 Å². The molecule has 0 spiro atoms. The van der Waals surface area contributed by atoms with Crippen LogP contribution in [0.15, 0.2) is 170 Å². The van der Waals surface area contributed by atoms with E-state index in [1.807, 2.05) is 13.0 Å². The zero-order valence-electron chi connectivity index (χ0n) is 39.9. The fourth-order valence-corrected chi connectivity index (χ4v) is 9.02. The molecule has 0 atom stereocenters. The number of anilines is 6. The minimum Gasteiger partial charge on any atom is -0.494 e. The summed E-state index contributed by atoms with van der Waals surface area (Å²) in [5.41, 5.74) is 23.0. The van der Waals surface area contributed by atoms with Gasteiger partial charge in [-0.05, 0) is 182 Å². The Morgan fingerprint density at radius 2 is 0.803 bits per heavy atom. The number of hydrogen-bond acceptors (Lipinski definition) is 3. The lowest BCUT2D eigenvalue weighted by Gasteiger charge is -2.30. The van der Waals surface area contributed by atoms with Crippen LogP contribution in [-0.2, 0) is 12.8 Å². The van der Waals surface area contributed by atoms with Crippen LogP contribution >= 0.6 is 0 Å². The van der Waals surface area contributed by atoms with E-state index in [9.17, 15) is 0 Å². The third kappa shape index (κ3) is 10.1. The van der Waals surface area contributed by atoms with Gasteiger partial charge in [-0.25, -0.2) is 0 Å². The van der Waals surface area contributed by atoms with Gasteiger partial charge in [-0.1, -0.05) is 153 Å². The van der Waals surface area contributed by atoms with E-state index in [0.29, 0.717) is 6.61 Å². The molecule has 8 rings (SSSR count). The van der Waals surface area contributed by atoms with Gasteiger partial charge < -0.3 is 14.5 Å². The lowest BCUT2D eigenvalue weighted by atomic mass is 10.00. The maximum atomic E-state index is 5.71. The molecule has 0 aliphatic rings. The monoisotopic (exact) mass is 862 g/mol. The number of para-hydroxylation sites is 2. The summed E-state index contributed by atoms with van der Waals surface area (Å²) >= 11 is 0. The van der Waals surface area contributed by atoms with Gasteiger partial charge >= 0.3 is 0 Å². The molecule has 0 saturated carbocycles. The van der Waals surface area contributed by atoms with E-state index >= 15 is 0 Å². The molecule has 0 radical (unpaired) electrons. The Hall–Kier alpha value is -7.36. The van der Waals surface area contributed by atoms with Crippen molar-refractivity contribution in [1.82, 2.24) is 0 Å². The highest BCUT2D eigenvalue weighted by molar-refractivity contribution is 5.85. The Morgan fingerprint density at radius 1 is 0.394 bits per heavy atom. The van der Waals surface area contributed by atoms with Gasteiger partial charge in [0.05, 0.1) is 18.0 Å². The molecule has 0 heterocycles. The summed E-state index contributed by atoms with van der Waals surface area (Å²) < 4.78 is 5.71. The van der Waals surface area contributed by atoms with Crippen LogP contribution in [0.5, 0.6) is 5.75 Å². The SMILES string of the molecule is CCOc1ccc(/C=C/c2ccc(N(c3ccc(-c4ccc(N(c5ccc(/C=C/c6ccc(C)cc6C)cc5)c5c(C)cccc5CC)cc4)cc3)c3c(C)cccc3CC)cc2)c(C)c1. The van der Waals surface area contributed by atoms with Crippen LogP contribution in [0.2, 0.25) is 0 Å². The third-order valence-electron chi connectivity index (χ3n) is 12.6. The standard InChI is InChI=1S/C63H62N2O/c1-9-51-16-12-14-45(5)62(51)64(57-33-21-49(22-34-57)19-26-53-25-18-44(4)42-47(53)7)59-37-28-55(29-38-59)56-30-39-60(40-31-56)65(63-46(6)15-13-17-52(63)10-2)58-35-23-50(24-36-58)20-27-54-32-41-61(66-11-3)43-48(54)8/h12-43H,9-11H2,1-8H3/b26-19+,27-20+. The number of rotatable bonds is 15. The van der Waals surface area contributed by atoms with Gasteiger partial charge in [-0.2, -0.15) is 0 Å². The number of nitrogens with zero attached hydrogens (tertiary/aromatic N) is 2. The van der Waals surface area contributed by atoms with E-state index in [1.54, 1.807) is 0 Å². The highest BCUT2D eigenvalue weighted by Crippen LogP contribution is 2.42. The van der Waals surface area contributed by atoms with Crippen molar-refractivity contribution in [2.24, 2.45) is 0 Å². The zero-order chi connectivity index (χ0) is 46.2. The van der Waals surface area contributed by atoms with E-state index in [1.165, 1.54) is 78.1 Å². The highest BCUT2D eigenvalue weighted by Gasteiger charge is 2.20. The zero-order valence-corrected chi connectivity index (χ0v) is 39.9. The fraction of sp³-hybridized carbons (Fsp3) is 0.175. The van der Waals surface area contributed by atoms with Crippen LogP contribution < -0.4 is 14.5 Å². The van der Waals surface area contributed by atoms with Crippen molar-refractivity contribution in [3.05, 3.63) is 231 Å². The molecule has 8 aromatic carbocycles. The molecule has 0 N–H and O–H groups in total. The molecule has 8 aromatic rings. The Kier molecular flexibility index (Phi) is 14.1. The van der Waals surface area contributed by atoms with Crippen molar-refractivity contribution in [2.75, 3.05) is 16.4 Å². The smallest absolute Gasteiger partial charge is 0.119 e. The minimum atomic E-state index is 0.665. The molecular formula is C63H62N2O. The van der Waals surface area contributed by atoms with Crippen LogP contribution in [0.1, 0.15) is 82.0 Å². The van der Waals surface area contributed by atoms with Crippen LogP contribution in [0, 0.1) is 34.6 Å². The van der Waals surface area contributed by atoms with Gasteiger partial charge in [0.25, 0.3) is 0 Å². The average molecular weight is 863 g/mol. The van der Waals surface area contributed by atoms with Gasteiger partial charge in [0.1, 0.15) is 5.75 Å². The van der Waals surface area contributed by atoms with Crippen LogP contribution in [0.4, 0.5) is 34.1 Å². The van der Waals surface area contributed by atoms with Crippen molar-refractivity contribution >= 4 is 58.4 Å². The lowest BCUT2D eigenvalue weighted by molar-refractivity contribution is 0.340. The van der Waals surface area contributed by atoms with E-state index in [0.717, 1.165) is 46.9 Å². The summed E-state index contributed by atoms with van der Waals surface area (Å²) in [6, 6.07) is 62.2. The van der Waals surface area contributed by atoms with Crippen LogP contribution in [-0.4, -0.2) is 6.61 Å². The summed E-state index contributed by atoms with van der Waals surface area (Å²) in [6.07, 6.45) is 10.7. The maximum absolute atomic E-state index is 5.71. The number of ether oxygens (including phenoxy) is 1. The van der Waals surface area contributed by atoms with Crippen LogP contribution in [0.25, 0.3) is 35.4 Å². The molecule has 0 saturated heterocycles. The third-order valence-corrected chi connectivity index (χ3v) is 12.6. The molecule has 0 aliphatic heterocycles. The first-order valence-corrected chi connectivity index (χ1v) is 23.5. The molecule has 0 bridgehead atoms. The molecule has 330 valence electrons. The van der Waals surface area contributed by atoms with Crippen molar-refractivity contribution in [3.8, 4) is 16.9 Å². The van der Waals surface area contributed by atoms with E-state index in [2.05, 4.69) is 246 Å². The quantitative estimate of drug-likeness (QED) is 0.0955. The van der Waals surface area contributed by atoms with Crippen molar-refractivity contribution in [3.63, 3.8) is 0 Å².